The predicted molar refractivity (Wildman–Crippen MR) is 70.5 cm³/mol. The molecule has 0 heterocycles. The Bertz CT molecular complexity index is 379. The van der Waals surface area contributed by atoms with Gasteiger partial charge in [0.2, 0.25) is 5.91 Å². The van der Waals surface area contributed by atoms with Crippen LogP contribution in [0.3, 0.4) is 0 Å². The summed E-state index contributed by atoms with van der Waals surface area (Å²) in [6, 6.07) is 7.61. The number of carbonyl (C=O) groups is 1. The van der Waals surface area contributed by atoms with Crippen molar-refractivity contribution in [3.05, 3.63) is 29.8 Å². The molecule has 94 valence electrons. The van der Waals surface area contributed by atoms with E-state index in [0.29, 0.717) is 6.54 Å². The summed E-state index contributed by atoms with van der Waals surface area (Å²) in [4.78, 5) is 13.7. The second-order valence-electron chi connectivity index (χ2n) is 4.05. The third-order valence-corrected chi connectivity index (χ3v) is 3.01. The molecule has 0 saturated carbocycles. The molecule has 17 heavy (non-hydrogen) atoms. The lowest BCUT2D eigenvalue weighted by atomic mass is 10.1. The van der Waals surface area contributed by atoms with Crippen molar-refractivity contribution < 1.29 is 4.79 Å². The van der Waals surface area contributed by atoms with Gasteiger partial charge in [-0.25, -0.2) is 0 Å². The highest BCUT2D eigenvalue weighted by Gasteiger charge is 2.19. The summed E-state index contributed by atoms with van der Waals surface area (Å²) >= 11 is 0. The average molecular weight is 235 g/mol. The first-order valence-electron chi connectivity index (χ1n) is 5.89. The van der Waals surface area contributed by atoms with Gasteiger partial charge in [0.15, 0.2) is 0 Å². The maximum atomic E-state index is 11.6. The molecule has 0 aliphatic heterocycles. The minimum absolute atomic E-state index is 0.0290. The molecule has 0 bridgehead atoms. The van der Waals surface area contributed by atoms with Crippen LogP contribution in [0, 0.1) is 0 Å². The van der Waals surface area contributed by atoms with E-state index in [0.717, 1.165) is 17.8 Å². The topological polar surface area (TPSA) is 58.4 Å². The van der Waals surface area contributed by atoms with Gasteiger partial charge in [-0.05, 0) is 25.1 Å². The summed E-state index contributed by atoms with van der Waals surface area (Å²) in [6.07, 6.45) is 0. The summed E-state index contributed by atoms with van der Waals surface area (Å²) in [5.74, 6) is 0.0290. The molecule has 0 aliphatic rings. The number of amides is 1. The zero-order chi connectivity index (χ0) is 12.8. The summed E-state index contributed by atoms with van der Waals surface area (Å²) in [5, 5.41) is 2.67. The van der Waals surface area contributed by atoms with Gasteiger partial charge in [0.05, 0.1) is 6.04 Å². The van der Waals surface area contributed by atoms with E-state index in [2.05, 4.69) is 10.2 Å². The van der Waals surface area contributed by atoms with Crippen molar-refractivity contribution >= 4 is 11.6 Å². The van der Waals surface area contributed by atoms with E-state index < -0.39 is 0 Å². The maximum absolute atomic E-state index is 11.6. The molecule has 1 atom stereocenters. The number of nitrogens with zero attached hydrogens (tertiary/aromatic N) is 1. The third kappa shape index (κ3) is 3.46. The quantitative estimate of drug-likeness (QED) is 0.755. The lowest BCUT2D eigenvalue weighted by Gasteiger charge is -2.26. The number of anilines is 1. The Labute approximate surface area is 103 Å². The first-order valence-corrected chi connectivity index (χ1v) is 5.89. The fraction of sp³-hybridized carbons (Fsp3) is 0.462. The van der Waals surface area contributed by atoms with E-state index in [1.54, 1.807) is 7.05 Å². The highest BCUT2D eigenvalue weighted by molar-refractivity contribution is 5.80. The molecule has 0 aliphatic carbocycles. The molecule has 1 unspecified atom stereocenters. The number of benzene rings is 1. The summed E-state index contributed by atoms with van der Waals surface area (Å²) in [6.45, 7) is 5.45. The smallest absolute Gasteiger partial charge is 0.236 e. The van der Waals surface area contributed by atoms with E-state index in [4.69, 9.17) is 5.73 Å². The van der Waals surface area contributed by atoms with Crippen molar-refractivity contribution in [2.45, 2.75) is 26.4 Å². The molecule has 3 N–H and O–H groups in total. The van der Waals surface area contributed by atoms with Crippen molar-refractivity contribution in [3.8, 4) is 0 Å². The van der Waals surface area contributed by atoms with Gasteiger partial charge in [-0.2, -0.15) is 0 Å². The van der Waals surface area contributed by atoms with Crippen LogP contribution in [0.25, 0.3) is 0 Å². The molecular formula is C13H21N3O. The lowest BCUT2D eigenvalue weighted by Crippen LogP contribution is -2.43. The minimum Gasteiger partial charge on any atom is -0.398 e. The fourth-order valence-corrected chi connectivity index (χ4v) is 1.79. The number of likely N-dealkylation sites (N-methyl/N-ethyl adjacent to an activating group) is 2. The van der Waals surface area contributed by atoms with Crippen molar-refractivity contribution in [2.75, 3.05) is 19.3 Å². The number of rotatable bonds is 5. The first kappa shape index (κ1) is 13.5. The van der Waals surface area contributed by atoms with Crippen molar-refractivity contribution in [2.24, 2.45) is 0 Å². The van der Waals surface area contributed by atoms with Crippen LogP contribution in [0.2, 0.25) is 0 Å². The van der Waals surface area contributed by atoms with Crippen LogP contribution in [0.4, 0.5) is 5.69 Å². The van der Waals surface area contributed by atoms with Gasteiger partial charge in [0.1, 0.15) is 0 Å². The Morgan fingerprint density at radius 1 is 1.47 bits per heavy atom. The summed E-state index contributed by atoms with van der Waals surface area (Å²) in [7, 11) is 1.66. The number of nitrogens with one attached hydrogen (secondary N) is 1. The average Bonchev–Trinajstić information content (AvgIpc) is 2.36. The van der Waals surface area contributed by atoms with E-state index in [9.17, 15) is 4.79 Å². The zero-order valence-corrected chi connectivity index (χ0v) is 10.7. The van der Waals surface area contributed by atoms with Crippen LogP contribution in [0.1, 0.15) is 19.4 Å². The molecule has 4 nitrogen and oxygen atoms in total. The Morgan fingerprint density at radius 2 is 2.12 bits per heavy atom. The molecule has 4 heteroatoms. The SMILES string of the molecule is CCN(Cc1ccccc1N)C(C)C(=O)NC. The Hall–Kier alpha value is -1.55. The van der Waals surface area contributed by atoms with Crippen LogP contribution in [-0.4, -0.2) is 30.4 Å². The predicted octanol–water partition coefficient (Wildman–Crippen LogP) is 1.23. The minimum atomic E-state index is -0.149. The zero-order valence-electron chi connectivity index (χ0n) is 10.7. The van der Waals surface area contributed by atoms with E-state index in [-0.39, 0.29) is 11.9 Å². The molecule has 1 aromatic rings. The van der Waals surface area contributed by atoms with Gasteiger partial charge in [-0.3, -0.25) is 9.69 Å². The van der Waals surface area contributed by atoms with Crippen molar-refractivity contribution in [1.29, 1.82) is 0 Å². The molecule has 0 saturated heterocycles. The second-order valence-corrected chi connectivity index (χ2v) is 4.05. The van der Waals surface area contributed by atoms with E-state index in [1.807, 2.05) is 38.1 Å². The Kier molecular flexibility index (Phi) is 4.97. The van der Waals surface area contributed by atoms with Crippen molar-refractivity contribution in [3.63, 3.8) is 0 Å². The van der Waals surface area contributed by atoms with Gasteiger partial charge in [0, 0.05) is 19.3 Å². The standard InChI is InChI=1S/C13H21N3O/c1-4-16(10(2)13(17)15-3)9-11-7-5-6-8-12(11)14/h5-8,10H,4,9,14H2,1-3H3,(H,15,17). The first-order chi connectivity index (χ1) is 8.10. The number of hydrogen-bond acceptors (Lipinski definition) is 3. The molecule has 0 spiro atoms. The Morgan fingerprint density at radius 3 is 2.65 bits per heavy atom. The second kappa shape index (κ2) is 6.25. The molecule has 0 radical (unpaired) electrons. The highest BCUT2D eigenvalue weighted by Crippen LogP contribution is 2.14. The van der Waals surface area contributed by atoms with Crippen LogP contribution in [-0.2, 0) is 11.3 Å². The van der Waals surface area contributed by atoms with Crippen LogP contribution >= 0.6 is 0 Å². The molecule has 0 aromatic heterocycles. The van der Waals surface area contributed by atoms with E-state index in [1.165, 1.54) is 0 Å². The van der Waals surface area contributed by atoms with Crippen LogP contribution in [0.15, 0.2) is 24.3 Å². The number of nitrogens with two attached hydrogens (primary N) is 1. The van der Waals surface area contributed by atoms with Gasteiger partial charge in [-0.1, -0.05) is 25.1 Å². The summed E-state index contributed by atoms with van der Waals surface area (Å²) in [5.41, 5.74) is 7.74. The van der Waals surface area contributed by atoms with Crippen LogP contribution < -0.4 is 11.1 Å². The fourth-order valence-electron chi connectivity index (χ4n) is 1.79. The molecule has 1 amide bonds. The maximum Gasteiger partial charge on any atom is 0.236 e. The van der Waals surface area contributed by atoms with Gasteiger partial charge < -0.3 is 11.1 Å². The number of nitrogen functional groups attached to an aromatic ring is 1. The number of para-hydroxylation sites is 1. The molecule has 1 rings (SSSR count). The van der Waals surface area contributed by atoms with Crippen molar-refractivity contribution in [1.82, 2.24) is 10.2 Å². The third-order valence-electron chi connectivity index (χ3n) is 3.01. The van der Waals surface area contributed by atoms with Gasteiger partial charge in [0.25, 0.3) is 0 Å². The molecule has 1 aromatic carbocycles. The monoisotopic (exact) mass is 235 g/mol. The van der Waals surface area contributed by atoms with Crippen LogP contribution in [0.5, 0.6) is 0 Å². The molecular weight excluding hydrogens is 214 g/mol. The van der Waals surface area contributed by atoms with Gasteiger partial charge in [-0.15, -0.1) is 0 Å². The lowest BCUT2D eigenvalue weighted by molar-refractivity contribution is -0.125. The summed E-state index contributed by atoms with van der Waals surface area (Å²) < 4.78 is 0. The van der Waals surface area contributed by atoms with Gasteiger partial charge >= 0.3 is 0 Å². The number of hydrogen-bond donors (Lipinski definition) is 2. The Balaban J connectivity index is 2.77. The highest BCUT2D eigenvalue weighted by atomic mass is 16.2. The normalized spacial score (nSPS) is 12.5. The molecule has 0 fully saturated rings. The van der Waals surface area contributed by atoms with E-state index >= 15 is 0 Å². The largest absolute Gasteiger partial charge is 0.398 e. The number of carbonyl (C=O) groups excluding carboxylic acids is 1.